The van der Waals surface area contributed by atoms with Crippen molar-refractivity contribution in [2.24, 2.45) is 0 Å². The first kappa shape index (κ1) is 13.5. The van der Waals surface area contributed by atoms with Gasteiger partial charge in [-0.05, 0) is 26.7 Å². The molecule has 1 aromatic heterocycles. The standard InChI is InChI=1S/C12H22N4O/c1-5-7-8-9(13)10(16-15-8)11(17)14-12(3,4)6-2/h5-7,13H2,1-4H3,(H,14,17)(H,15,16). The summed E-state index contributed by atoms with van der Waals surface area (Å²) in [4.78, 5) is 12.0. The van der Waals surface area contributed by atoms with Gasteiger partial charge in [0.1, 0.15) is 0 Å². The Morgan fingerprint density at radius 1 is 1.47 bits per heavy atom. The minimum Gasteiger partial charge on any atom is -0.395 e. The molecule has 1 amide bonds. The van der Waals surface area contributed by atoms with Crippen LogP contribution in [0.1, 0.15) is 56.7 Å². The fourth-order valence-electron chi connectivity index (χ4n) is 1.46. The molecule has 0 saturated carbocycles. The molecule has 0 fully saturated rings. The number of rotatable bonds is 5. The number of hydrogen-bond acceptors (Lipinski definition) is 3. The molecular weight excluding hydrogens is 216 g/mol. The van der Waals surface area contributed by atoms with Crippen LogP contribution >= 0.6 is 0 Å². The lowest BCUT2D eigenvalue weighted by atomic mass is 10.0. The zero-order valence-corrected chi connectivity index (χ0v) is 11.1. The predicted molar refractivity (Wildman–Crippen MR) is 68.8 cm³/mol. The topological polar surface area (TPSA) is 83.8 Å². The first-order chi connectivity index (χ1) is 7.91. The number of amides is 1. The van der Waals surface area contributed by atoms with Crippen LogP contribution in [0.15, 0.2) is 0 Å². The predicted octanol–water partition coefficient (Wildman–Crippen LogP) is 1.86. The Morgan fingerprint density at radius 2 is 2.12 bits per heavy atom. The highest BCUT2D eigenvalue weighted by molar-refractivity contribution is 5.98. The number of anilines is 1. The van der Waals surface area contributed by atoms with Crippen LogP contribution in [-0.4, -0.2) is 21.6 Å². The molecule has 0 aliphatic heterocycles. The normalized spacial score (nSPS) is 11.5. The van der Waals surface area contributed by atoms with Gasteiger partial charge in [0.15, 0.2) is 5.69 Å². The Balaban J connectivity index is 2.83. The average molecular weight is 238 g/mol. The molecule has 5 heteroatoms. The van der Waals surface area contributed by atoms with Crippen LogP contribution in [0.2, 0.25) is 0 Å². The quantitative estimate of drug-likeness (QED) is 0.732. The van der Waals surface area contributed by atoms with E-state index in [0.717, 1.165) is 25.0 Å². The largest absolute Gasteiger partial charge is 0.395 e. The summed E-state index contributed by atoms with van der Waals surface area (Å²) in [6, 6.07) is 0. The number of carbonyl (C=O) groups is 1. The van der Waals surface area contributed by atoms with Crippen molar-refractivity contribution >= 4 is 11.6 Å². The third-order valence-corrected chi connectivity index (χ3v) is 2.93. The Hall–Kier alpha value is -1.52. The molecule has 0 aliphatic carbocycles. The van der Waals surface area contributed by atoms with Crippen LogP contribution in [0.4, 0.5) is 5.69 Å². The van der Waals surface area contributed by atoms with E-state index in [1.807, 2.05) is 20.8 Å². The highest BCUT2D eigenvalue weighted by atomic mass is 16.2. The Bertz CT molecular complexity index is 395. The van der Waals surface area contributed by atoms with Gasteiger partial charge in [-0.2, -0.15) is 5.10 Å². The van der Waals surface area contributed by atoms with Crippen molar-refractivity contribution in [3.05, 3.63) is 11.4 Å². The van der Waals surface area contributed by atoms with Crippen molar-refractivity contribution in [2.45, 2.75) is 52.5 Å². The monoisotopic (exact) mass is 238 g/mol. The molecule has 96 valence electrons. The molecule has 1 rings (SSSR count). The van der Waals surface area contributed by atoms with E-state index < -0.39 is 0 Å². The van der Waals surface area contributed by atoms with E-state index in [1.165, 1.54) is 0 Å². The van der Waals surface area contributed by atoms with E-state index in [1.54, 1.807) is 0 Å². The maximum atomic E-state index is 12.0. The second kappa shape index (κ2) is 5.21. The van der Waals surface area contributed by atoms with Crippen LogP contribution < -0.4 is 11.1 Å². The number of aryl methyl sites for hydroxylation is 1. The zero-order valence-electron chi connectivity index (χ0n) is 11.1. The van der Waals surface area contributed by atoms with E-state index >= 15 is 0 Å². The highest BCUT2D eigenvalue weighted by Crippen LogP contribution is 2.17. The molecule has 0 atom stereocenters. The maximum absolute atomic E-state index is 12.0. The fraction of sp³-hybridized carbons (Fsp3) is 0.667. The maximum Gasteiger partial charge on any atom is 0.274 e. The summed E-state index contributed by atoms with van der Waals surface area (Å²) in [7, 11) is 0. The van der Waals surface area contributed by atoms with Crippen LogP contribution in [-0.2, 0) is 6.42 Å². The Kier molecular flexibility index (Phi) is 4.15. The highest BCUT2D eigenvalue weighted by Gasteiger charge is 2.23. The number of aromatic amines is 1. The molecule has 4 N–H and O–H groups in total. The van der Waals surface area contributed by atoms with Gasteiger partial charge in [0.05, 0.1) is 11.4 Å². The third kappa shape index (κ3) is 3.22. The molecule has 1 aromatic rings. The summed E-state index contributed by atoms with van der Waals surface area (Å²) in [6.07, 6.45) is 2.63. The van der Waals surface area contributed by atoms with E-state index in [0.29, 0.717) is 11.4 Å². The van der Waals surface area contributed by atoms with Gasteiger partial charge in [0, 0.05) is 5.54 Å². The Labute approximate surface area is 102 Å². The number of carbonyl (C=O) groups excluding carboxylic acids is 1. The summed E-state index contributed by atoms with van der Waals surface area (Å²) < 4.78 is 0. The summed E-state index contributed by atoms with van der Waals surface area (Å²) in [6.45, 7) is 8.03. The second-order valence-electron chi connectivity index (χ2n) is 4.91. The van der Waals surface area contributed by atoms with Gasteiger partial charge in [-0.3, -0.25) is 9.89 Å². The van der Waals surface area contributed by atoms with Crippen LogP contribution in [0.5, 0.6) is 0 Å². The molecule has 0 saturated heterocycles. The van der Waals surface area contributed by atoms with Crippen molar-refractivity contribution < 1.29 is 4.79 Å². The molecular formula is C12H22N4O. The van der Waals surface area contributed by atoms with E-state index in [2.05, 4.69) is 22.4 Å². The average Bonchev–Trinajstić information content (AvgIpc) is 2.61. The summed E-state index contributed by atoms with van der Waals surface area (Å²) in [5.41, 5.74) is 7.26. The van der Waals surface area contributed by atoms with E-state index in [4.69, 9.17) is 5.73 Å². The number of nitrogens with one attached hydrogen (secondary N) is 2. The molecule has 0 aromatic carbocycles. The number of aromatic nitrogens is 2. The molecule has 5 nitrogen and oxygen atoms in total. The molecule has 0 radical (unpaired) electrons. The lowest BCUT2D eigenvalue weighted by Crippen LogP contribution is -2.43. The van der Waals surface area contributed by atoms with E-state index in [9.17, 15) is 4.79 Å². The fourth-order valence-corrected chi connectivity index (χ4v) is 1.46. The number of H-pyrrole nitrogens is 1. The minimum atomic E-state index is -0.243. The molecule has 0 aliphatic rings. The number of nitrogens with zero attached hydrogens (tertiary/aromatic N) is 1. The molecule has 0 spiro atoms. The lowest BCUT2D eigenvalue weighted by Gasteiger charge is -2.23. The molecule has 0 bridgehead atoms. The lowest BCUT2D eigenvalue weighted by molar-refractivity contribution is 0.0907. The minimum absolute atomic E-state index is 0.215. The van der Waals surface area contributed by atoms with Crippen molar-refractivity contribution in [2.75, 3.05) is 5.73 Å². The zero-order chi connectivity index (χ0) is 13.1. The molecule has 1 heterocycles. The SMILES string of the molecule is CCCc1[nH]nc(C(=O)NC(C)(C)CC)c1N. The van der Waals surface area contributed by atoms with Gasteiger partial charge >= 0.3 is 0 Å². The number of hydrogen-bond donors (Lipinski definition) is 3. The van der Waals surface area contributed by atoms with Crippen LogP contribution in [0.3, 0.4) is 0 Å². The van der Waals surface area contributed by atoms with Gasteiger partial charge in [-0.15, -0.1) is 0 Å². The van der Waals surface area contributed by atoms with Crippen LogP contribution in [0.25, 0.3) is 0 Å². The second-order valence-corrected chi connectivity index (χ2v) is 4.91. The summed E-state index contributed by atoms with van der Waals surface area (Å²) >= 11 is 0. The van der Waals surface area contributed by atoms with Crippen molar-refractivity contribution in [1.29, 1.82) is 0 Å². The van der Waals surface area contributed by atoms with Gasteiger partial charge in [0.2, 0.25) is 0 Å². The van der Waals surface area contributed by atoms with Crippen molar-refractivity contribution in [3.8, 4) is 0 Å². The molecule has 0 unspecified atom stereocenters. The van der Waals surface area contributed by atoms with Crippen molar-refractivity contribution in [1.82, 2.24) is 15.5 Å². The number of nitrogen functional groups attached to an aromatic ring is 1. The van der Waals surface area contributed by atoms with Crippen LogP contribution in [0, 0.1) is 0 Å². The first-order valence-corrected chi connectivity index (χ1v) is 6.06. The van der Waals surface area contributed by atoms with Gasteiger partial charge in [0.25, 0.3) is 5.91 Å². The summed E-state index contributed by atoms with van der Waals surface area (Å²) in [5.74, 6) is -0.215. The third-order valence-electron chi connectivity index (χ3n) is 2.93. The smallest absolute Gasteiger partial charge is 0.274 e. The Morgan fingerprint density at radius 3 is 2.65 bits per heavy atom. The van der Waals surface area contributed by atoms with Crippen molar-refractivity contribution in [3.63, 3.8) is 0 Å². The van der Waals surface area contributed by atoms with E-state index in [-0.39, 0.29) is 11.4 Å². The first-order valence-electron chi connectivity index (χ1n) is 6.06. The number of nitrogens with two attached hydrogens (primary N) is 1. The van der Waals surface area contributed by atoms with Gasteiger partial charge in [-0.1, -0.05) is 20.3 Å². The summed E-state index contributed by atoms with van der Waals surface area (Å²) in [5, 5.41) is 9.73. The van der Waals surface area contributed by atoms with Gasteiger partial charge in [-0.25, -0.2) is 0 Å². The van der Waals surface area contributed by atoms with Gasteiger partial charge < -0.3 is 11.1 Å². The molecule has 17 heavy (non-hydrogen) atoms.